The molecule has 168 valence electrons. The maximum absolute atomic E-state index is 13.3. The highest BCUT2D eigenvalue weighted by molar-refractivity contribution is 7.91. The van der Waals surface area contributed by atoms with Gasteiger partial charge in [0.2, 0.25) is 21.2 Å². The number of hydrogen-bond donors (Lipinski definition) is 1. The van der Waals surface area contributed by atoms with Gasteiger partial charge in [-0.3, -0.25) is 9.59 Å². The largest absolute Gasteiger partial charge is 0.497 e. The van der Waals surface area contributed by atoms with Crippen molar-refractivity contribution in [1.29, 1.82) is 0 Å². The van der Waals surface area contributed by atoms with Crippen LogP contribution in [-0.2, 0) is 21.2 Å². The summed E-state index contributed by atoms with van der Waals surface area (Å²) in [6.07, 6.45) is 1.24. The lowest BCUT2D eigenvalue weighted by Gasteiger charge is -2.14. The number of para-hydroxylation sites is 1. The molecule has 8 heteroatoms. The maximum atomic E-state index is 13.3. The summed E-state index contributed by atoms with van der Waals surface area (Å²) < 4.78 is 33.2. The van der Waals surface area contributed by atoms with Crippen LogP contribution in [0.5, 0.6) is 5.75 Å². The van der Waals surface area contributed by atoms with Gasteiger partial charge in [0.25, 0.3) is 0 Å². The maximum Gasteiger partial charge on any atom is 0.244 e. The number of aryl methyl sites for hydroxylation is 1. The van der Waals surface area contributed by atoms with Crippen molar-refractivity contribution in [3.8, 4) is 5.75 Å². The van der Waals surface area contributed by atoms with Crippen LogP contribution in [0.25, 0.3) is 10.9 Å². The molecule has 0 bridgehead atoms. The highest BCUT2D eigenvalue weighted by Gasteiger charge is 2.24. The molecule has 0 aliphatic rings. The number of nitrogens with zero attached hydrogens (tertiary/aromatic N) is 1. The van der Waals surface area contributed by atoms with Gasteiger partial charge in [0.1, 0.15) is 17.2 Å². The first-order chi connectivity index (χ1) is 15.8. The predicted molar refractivity (Wildman–Crippen MR) is 126 cm³/mol. The number of sulfone groups is 1. The summed E-state index contributed by atoms with van der Waals surface area (Å²) in [5, 5.41) is 3.02. The zero-order chi connectivity index (χ0) is 23.6. The third kappa shape index (κ3) is 4.51. The summed E-state index contributed by atoms with van der Waals surface area (Å²) >= 11 is 0. The molecule has 0 spiro atoms. The zero-order valence-corrected chi connectivity index (χ0v) is 18.9. The molecule has 0 radical (unpaired) electrons. The van der Waals surface area contributed by atoms with E-state index >= 15 is 0 Å². The van der Waals surface area contributed by atoms with Crippen LogP contribution in [-0.4, -0.2) is 26.0 Å². The number of aromatic nitrogens is 1. The number of carbonyl (C=O) groups excluding carboxylic acids is 1. The highest BCUT2D eigenvalue weighted by atomic mass is 32.2. The van der Waals surface area contributed by atoms with E-state index in [0.29, 0.717) is 17.0 Å². The third-order valence-electron chi connectivity index (χ3n) is 5.26. The number of carbonyl (C=O) groups is 1. The van der Waals surface area contributed by atoms with Gasteiger partial charge < -0.3 is 14.6 Å². The molecule has 4 rings (SSSR count). The Morgan fingerprint density at radius 1 is 0.970 bits per heavy atom. The molecule has 4 aromatic rings. The van der Waals surface area contributed by atoms with Crippen molar-refractivity contribution in [2.45, 2.75) is 23.3 Å². The van der Waals surface area contributed by atoms with E-state index < -0.39 is 20.2 Å². The summed E-state index contributed by atoms with van der Waals surface area (Å²) in [4.78, 5) is 25.4. The Morgan fingerprint density at radius 2 is 1.64 bits per heavy atom. The quantitative estimate of drug-likeness (QED) is 0.471. The fourth-order valence-corrected chi connectivity index (χ4v) is 4.88. The molecule has 0 saturated carbocycles. The van der Waals surface area contributed by atoms with Crippen LogP contribution in [0.2, 0.25) is 0 Å². The predicted octanol–water partition coefficient (Wildman–Crippen LogP) is 3.79. The van der Waals surface area contributed by atoms with Gasteiger partial charge in [0, 0.05) is 17.3 Å². The van der Waals surface area contributed by atoms with Gasteiger partial charge in [-0.1, -0.05) is 29.8 Å². The third-order valence-corrected chi connectivity index (χ3v) is 7.03. The van der Waals surface area contributed by atoms with E-state index in [1.807, 2.05) is 19.1 Å². The minimum Gasteiger partial charge on any atom is -0.497 e. The molecule has 1 N–H and O–H groups in total. The first-order valence-corrected chi connectivity index (χ1v) is 11.7. The summed E-state index contributed by atoms with van der Waals surface area (Å²) in [6.45, 7) is 1.78. The summed E-state index contributed by atoms with van der Waals surface area (Å²) in [7, 11) is -2.65. The zero-order valence-electron chi connectivity index (χ0n) is 18.1. The van der Waals surface area contributed by atoms with E-state index in [-0.39, 0.29) is 22.7 Å². The number of methoxy groups -OCH3 is 1. The molecular weight excluding hydrogens is 440 g/mol. The lowest BCUT2D eigenvalue weighted by atomic mass is 10.2. The average Bonchev–Trinajstić information content (AvgIpc) is 2.82. The van der Waals surface area contributed by atoms with Crippen LogP contribution in [0.1, 0.15) is 5.56 Å². The number of hydrogen-bond acceptors (Lipinski definition) is 5. The molecule has 0 unspecified atom stereocenters. The highest BCUT2D eigenvalue weighted by Crippen LogP contribution is 2.23. The van der Waals surface area contributed by atoms with Crippen LogP contribution in [0, 0.1) is 6.92 Å². The molecule has 3 aromatic carbocycles. The van der Waals surface area contributed by atoms with Crippen LogP contribution >= 0.6 is 0 Å². The number of fused-ring (bicyclic) bond motifs is 1. The number of anilines is 1. The molecule has 1 amide bonds. The summed E-state index contributed by atoms with van der Waals surface area (Å²) in [5.41, 5.74) is 1.54. The summed E-state index contributed by atoms with van der Waals surface area (Å²) in [6, 6.07) is 19.8. The fourth-order valence-electron chi connectivity index (χ4n) is 3.51. The molecule has 7 nitrogen and oxygen atoms in total. The number of amides is 1. The van der Waals surface area contributed by atoms with E-state index in [2.05, 4.69) is 5.32 Å². The first kappa shape index (κ1) is 22.3. The molecule has 0 fully saturated rings. The van der Waals surface area contributed by atoms with E-state index in [1.54, 1.807) is 36.4 Å². The van der Waals surface area contributed by atoms with Gasteiger partial charge in [0.05, 0.1) is 17.5 Å². The lowest BCUT2D eigenvalue weighted by molar-refractivity contribution is -0.116. The minimum atomic E-state index is -4.13. The normalized spacial score (nSPS) is 11.3. The second-order valence-corrected chi connectivity index (χ2v) is 9.48. The van der Waals surface area contributed by atoms with Crippen molar-refractivity contribution in [3.05, 3.63) is 94.8 Å². The monoisotopic (exact) mass is 462 g/mol. The van der Waals surface area contributed by atoms with E-state index in [0.717, 1.165) is 5.56 Å². The van der Waals surface area contributed by atoms with Gasteiger partial charge >= 0.3 is 0 Å². The van der Waals surface area contributed by atoms with Crippen molar-refractivity contribution in [3.63, 3.8) is 0 Å². The van der Waals surface area contributed by atoms with Crippen LogP contribution in [0.4, 0.5) is 5.69 Å². The van der Waals surface area contributed by atoms with E-state index in [4.69, 9.17) is 4.74 Å². The number of pyridine rings is 1. The van der Waals surface area contributed by atoms with Crippen molar-refractivity contribution in [2.24, 2.45) is 0 Å². The van der Waals surface area contributed by atoms with Gasteiger partial charge in [-0.05, 0) is 55.5 Å². The van der Waals surface area contributed by atoms with E-state index in [9.17, 15) is 18.0 Å². The van der Waals surface area contributed by atoms with Gasteiger partial charge in [-0.2, -0.15) is 0 Å². The Morgan fingerprint density at radius 3 is 2.30 bits per heavy atom. The molecule has 0 atom stereocenters. The number of ether oxygens (including phenoxy) is 1. The standard InChI is InChI=1S/C25H22N2O5S/c1-17-7-9-18(10-8-17)26-24(28)16-27-15-23(25(29)21-5-3-4-6-22(21)27)33(30,31)20-13-11-19(32-2)12-14-20/h3-15H,16H2,1-2H3,(H,26,28). The smallest absolute Gasteiger partial charge is 0.244 e. The lowest BCUT2D eigenvalue weighted by Crippen LogP contribution is -2.23. The molecule has 0 aliphatic heterocycles. The number of nitrogens with one attached hydrogen (secondary N) is 1. The number of benzene rings is 3. The fraction of sp³-hybridized carbons (Fsp3) is 0.120. The van der Waals surface area contributed by atoms with Gasteiger partial charge in [0.15, 0.2) is 0 Å². The molecular formula is C25H22N2O5S. The van der Waals surface area contributed by atoms with Gasteiger partial charge in [-0.15, -0.1) is 0 Å². The van der Waals surface area contributed by atoms with Gasteiger partial charge in [-0.25, -0.2) is 8.42 Å². The summed E-state index contributed by atoms with van der Waals surface area (Å²) in [5.74, 6) is 0.151. The van der Waals surface area contributed by atoms with E-state index in [1.165, 1.54) is 42.1 Å². The Kier molecular flexibility index (Phi) is 6.02. The molecule has 0 aliphatic carbocycles. The Bertz CT molecular complexity index is 1490. The Hall–Kier alpha value is -3.91. The molecule has 1 aromatic heterocycles. The van der Waals surface area contributed by atoms with Crippen LogP contribution in [0.15, 0.2) is 93.6 Å². The molecule has 1 heterocycles. The second-order valence-electron chi connectivity index (χ2n) is 7.56. The van der Waals surface area contributed by atoms with Crippen molar-refractivity contribution in [2.75, 3.05) is 12.4 Å². The van der Waals surface area contributed by atoms with Crippen molar-refractivity contribution in [1.82, 2.24) is 4.57 Å². The van der Waals surface area contributed by atoms with Crippen LogP contribution < -0.4 is 15.5 Å². The Balaban J connectivity index is 1.77. The SMILES string of the molecule is COc1ccc(S(=O)(=O)c2cn(CC(=O)Nc3ccc(C)cc3)c3ccccc3c2=O)cc1. The first-order valence-electron chi connectivity index (χ1n) is 10.2. The molecule has 33 heavy (non-hydrogen) atoms. The van der Waals surface area contributed by atoms with Crippen molar-refractivity contribution >= 4 is 32.3 Å². The van der Waals surface area contributed by atoms with Crippen molar-refractivity contribution < 1.29 is 17.9 Å². The Labute approximate surface area is 191 Å². The van der Waals surface area contributed by atoms with Crippen LogP contribution in [0.3, 0.4) is 0 Å². The second kappa shape index (κ2) is 8.91. The minimum absolute atomic E-state index is 0.0358. The number of rotatable bonds is 6. The molecule has 0 saturated heterocycles. The topological polar surface area (TPSA) is 94.5 Å². The average molecular weight is 463 g/mol.